The van der Waals surface area contributed by atoms with Gasteiger partial charge in [0.2, 0.25) is 0 Å². The van der Waals surface area contributed by atoms with Crippen molar-refractivity contribution >= 4 is 27.6 Å². The van der Waals surface area contributed by atoms with Crippen molar-refractivity contribution in [1.29, 1.82) is 0 Å². The van der Waals surface area contributed by atoms with Gasteiger partial charge in [0.15, 0.2) is 0 Å². The van der Waals surface area contributed by atoms with E-state index in [-0.39, 0.29) is 59.4 Å². The van der Waals surface area contributed by atoms with Crippen molar-refractivity contribution < 1.29 is 26.5 Å². The van der Waals surface area contributed by atoms with E-state index in [1.54, 1.807) is 12.2 Å². The summed E-state index contributed by atoms with van der Waals surface area (Å²) in [5, 5.41) is 2.66. The number of carbonyl (C=O) groups excluding carboxylic acids is 1. The van der Waals surface area contributed by atoms with E-state index < -0.39 is 0 Å². The fourth-order valence-electron chi connectivity index (χ4n) is 3.50. The molecule has 1 N–H and O–H groups in total. The number of carbonyl (C=O) groups is 1. The molecule has 4 radical (unpaired) electrons. The molecule has 174 valence electrons. The normalized spacial score (nSPS) is 14.1. The van der Waals surface area contributed by atoms with Crippen molar-refractivity contribution in [3.63, 3.8) is 0 Å². The Kier molecular flexibility index (Phi) is 30.8. The van der Waals surface area contributed by atoms with Crippen LogP contribution in [0, 0.1) is 20.8 Å². The number of fused-ring (bicyclic) bond motifs is 1. The molecule has 4 heteroatoms. The Hall–Kier alpha value is -1.29. The van der Waals surface area contributed by atoms with Crippen LogP contribution in [0.3, 0.4) is 0 Å². The molecule has 0 spiro atoms. The SMILES string of the molecule is C=CC=C.[CH3-].[CH3-].[NH-]C(=O)C1CCCCCCCCCCC1.[Si].[Ti+4].c1ccc2[cH-]ccc2c1. The average Bonchev–Trinajstić information content (AvgIpc) is 3.18. The van der Waals surface area contributed by atoms with E-state index in [0.29, 0.717) is 0 Å². The molecule has 2 aromatic carbocycles. The summed E-state index contributed by atoms with van der Waals surface area (Å²) in [6.45, 7) is 6.72. The largest absolute Gasteiger partial charge is 4.00 e. The maximum atomic E-state index is 11.1. The van der Waals surface area contributed by atoms with Crippen LogP contribution in [-0.2, 0) is 26.5 Å². The van der Waals surface area contributed by atoms with Gasteiger partial charge >= 0.3 is 21.7 Å². The zero-order valence-electron chi connectivity index (χ0n) is 20.4. The summed E-state index contributed by atoms with van der Waals surface area (Å²) < 4.78 is 0. The second-order valence-corrected chi connectivity index (χ2v) is 7.45. The van der Waals surface area contributed by atoms with Gasteiger partial charge in [0.05, 0.1) is 5.91 Å². The Bertz CT molecular complexity index is 635. The fraction of sp³-hybridized carbons (Fsp3) is 0.429. The van der Waals surface area contributed by atoms with Gasteiger partial charge in [-0.3, -0.25) is 0 Å². The summed E-state index contributed by atoms with van der Waals surface area (Å²) >= 11 is 0. The van der Waals surface area contributed by atoms with Crippen LogP contribution in [-0.4, -0.2) is 16.9 Å². The molecule has 0 saturated heterocycles. The molecule has 0 bridgehead atoms. The second kappa shape index (κ2) is 26.0. The molecule has 0 aliphatic heterocycles. The molecule has 1 saturated carbocycles. The van der Waals surface area contributed by atoms with Crippen LogP contribution in [0.25, 0.3) is 16.5 Å². The molecular weight excluding hydrogens is 442 g/mol. The van der Waals surface area contributed by atoms with Crippen LogP contribution in [0.5, 0.6) is 0 Å². The Balaban J connectivity index is -0.000000199. The minimum Gasteiger partial charge on any atom is -0.668 e. The van der Waals surface area contributed by atoms with Crippen molar-refractivity contribution in [2.75, 3.05) is 0 Å². The fourth-order valence-corrected chi connectivity index (χ4v) is 3.50. The first-order valence-electron chi connectivity index (χ1n) is 10.8. The number of hydrogen-bond acceptors (Lipinski definition) is 1. The van der Waals surface area contributed by atoms with Crippen LogP contribution in [0.4, 0.5) is 0 Å². The molecular formula is C28H43NOSiTi. The van der Waals surface area contributed by atoms with Gasteiger partial charge in [-0.05, 0) is 12.8 Å². The molecule has 2 nitrogen and oxygen atoms in total. The first kappa shape index (κ1) is 38.0. The number of rotatable bonds is 2. The van der Waals surface area contributed by atoms with Gasteiger partial charge in [-0.1, -0.05) is 89.2 Å². The molecule has 32 heavy (non-hydrogen) atoms. The van der Waals surface area contributed by atoms with Gasteiger partial charge in [-0.25, -0.2) is 0 Å². The summed E-state index contributed by atoms with van der Waals surface area (Å²) in [5.41, 5.74) is 7.23. The standard InChI is InChI=1S/C13H25NO.C9H7.C4H6.2CH3.Si.Ti/c14-13(15)12-10-8-6-4-2-1-3-5-7-9-11-12;1-2-5-9-7-3-6-8(9)4-1;1-3-4-2;;;;/h12H,1-11H2,(H2,14,15);1-7H;3-4H,1-2H2;2*1H3;;/q;-1;;2*-1;;+4/p-1. The van der Waals surface area contributed by atoms with Crippen molar-refractivity contribution in [2.45, 2.75) is 70.6 Å². The monoisotopic (exact) mass is 485 g/mol. The van der Waals surface area contributed by atoms with Crippen molar-refractivity contribution in [2.24, 2.45) is 5.92 Å². The van der Waals surface area contributed by atoms with E-state index in [1.807, 2.05) is 0 Å². The van der Waals surface area contributed by atoms with E-state index >= 15 is 0 Å². The van der Waals surface area contributed by atoms with Crippen molar-refractivity contribution in [1.82, 2.24) is 0 Å². The summed E-state index contributed by atoms with van der Waals surface area (Å²) in [5.74, 6) is -0.281. The first-order chi connectivity index (χ1) is 13.7. The summed E-state index contributed by atoms with van der Waals surface area (Å²) in [4.78, 5) is 11.1. The van der Waals surface area contributed by atoms with E-state index in [2.05, 4.69) is 55.6 Å². The molecule has 2 aromatic rings. The quantitative estimate of drug-likeness (QED) is 0.238. The van der Waals surface area contributed by atoms with Crippen LogP contribution in [0.15, 0.2) is 67.8 Å². The Morgan fingerprint density at radius 1 is 0.844 bits per heavy atom. The third kappa shape index (κ3) is 18.3. The van der Waals surface area contributed by atoms with Crippen LogP contribution in [0.1, 0.15) is 70.6 Å². The average molecular weight is 486 g/mol. The maximum absolute atomic E-state index is 11.1. The van der Waals surface area contributed by atoms with Crippen molar-refractivity contribution in [3.05, 3.63) is 88.4 Å². The van der Waals surface area contributed by atoms with E-state index in [1.165, 1.54) is 55.7 Å². The Labute approximate surface area is 218 Å². The maximum Gasteiger partial charge on any atom is 4.00 e. The number of hydrogen-bond donors (Lipinski definition) is 0. The number of benzene rings is 1. The minimum absolute atomic E-state index is 0. The predicted octanol–water partition coefficient (Wildman–Crippen LogP) is 8.92. The van der Waals surface area contributed by atoms with Gasteiger partial charge in [-0.15, -0.1) is 29.7 Å². The number of allylic oxidation sites excluding steroid dienone is 2. The smallest absolute Gasteiger partial charge is 0.668 e. The van der Waals surface area contributed by atoms with Gasteiger partial charge in [0.1, 0.15) is 0 Å². The second-order valence-electron chi connectivity index (χ2n) is 7.45. The number of nitrogens with one attached hydrogen (secondary N) is 1. The zero-order valence-corrected chi connectivity index (χ0v) is 22.9. The van der Waals surface area contributed by atoms with Crippen LogP contribution < -0.4 is 0 Å². The Morgan fingerprint density at radius 3 is 1.69 bits per heavy atom. The molecule has 0 atom stereocenters. The molecule has 0 heterocycles. The summed E-state index contributed by atoms with van der Waals surface area (Å²) in [7, 11) is 0. The molecule has 1 aliphatic rings. The van der Waals surface area contributed by atoms with E-state index in [9.17, 15) is 4.79 Å². The third-order valence-corrected chi connectivity index (χ3v) is 5.19. The number of amides is 1. The molecule has 1 aliphatic carbocycles. The summed E-state index contributed by atoms with van der Waals surface area (Å²) in [6, 6.07) is 14.7. The molecule has 0 unspecified atom stereocenters. The van der Waals surface area contributed by atoms with Gasteiger partial charge in [0.25, 0.3) is 0 Å². The minimum atomic E-state index is -0.327. The van der Waals surface area contributed by atoms with Gasteiger partial charge < -0.3 is 25.4 Å². The van der Waals surface area contributed by atoms with Crippen LogP contribution in [0.2, 0.25) is 0 Å². The summed E-state index contributed by atoms with van der Waals surface area (Å²) in [6.07, 6.45) is 16.8. The first-order valence-corrected chi connectivity index (χ1v) is 10.8. The molecule has 1 amide bonds. The topological polar surface area (TPSA) is 40.9 Å². The Morgan fingerprint density at radius 2 is 1.28 bits per heavy atom. The molecule has 3 rings (SSSR count). The molecule has 1 fully saturated rings. The van der Waals surface area contributed by atoms with E-state index in [4.69, 9.17) is 5.73 Å². The third-order valence-electron chi connectivity index (χ3n) is 5.19. The van der Waals surface area contributed by atoms with Crippen molar-refractivity contribution in [3.8, 4) is 0 Å². The van der Waals surface area contributed by atoms with Gasteiger partial charge in [0, 0.05) is 16.9 Å². The van der Waals surface area contributed by atoms with E-state index in [0.717, 1.165) is 25.7 Å². The zero-order chi connectivity index (χ0) is 20.5. The van der Waals surface area contributed by atoms with Gasteiger partial charge in [-0.2, -0.15) is 17.5 Å². The van der Waals surface area contributed by atoms with Crippen LogP contribution >= 0.6 is 0 Å². The predicted molar refractivity (Wildman–Crippen MR) is 142 cm³/mol. The molecule has 0 aromatic heterocycles.